The minimum atomic E-state index is -0.250. The van der Waals surface area contributed by atoms with Crippen molar-refractivity contribution in [2.45, 2.75) is 19.4 Å². The number of nitrogens with zero attached hydrogens (tertiary/aromatic N) is 5. The quantitative estimate of drug-likeness (QED) is 0.558. The largest absolute Gasteiger partial charge is 0.483 e. The summed E-state index contributed by atoms with van der Waals surface area (Å²) < 4.78 is 7.35. The highest BCUT2D eigenvalue weighted by atomic mass is 16.5. The molecule has 36 heavy (non-hydrogen) atoms. The van der Waals surface area contributed by atoms with Gasteiger partial charge in [-0.15, -0.1) is 0 Å². The first-order chi connectivity index (χ1) is 17.6. The van der Waals surface area contributed by atoms with E-state index in [9.17, 15) is 4.79 Å². The third kappa shape index (κ3) is 6.90. The van der Waals surface area contributed by atoms with Crippen LogP contribution in [0.25, 0.3) is 5.69 Å². The first kappa shape index (κ1) is 27.3. The molecule has 0 aliphatic carbocycles. The molecule has 5 rings (SSSR count). The molecule has 3 fully saturated rings. The standard InChI is InChI=1S/C23H31N5O2.2CH2O2/c29-22-23(7-11-27(22)13-12-25-14-16-30-17-15-25)6-10-26(19-23)18-20-4-1-2-5-21(20)28-9-3-8-24-28;2*2-1-3/h1-5,8-9H,6-7,10-19H2;2*1H,(H,2,3). The molecule has 4 heterocycles. The van der Waals surface area contributed by atoms with Crippen LogP contribution in [0.1, 0.15) is 18.4 Å². The summed E-state index contributed by atoms with van der Waals surface area (Å²) in [5.41, 5.74) is 2.20. The van der Waals surface area contributed by atoms with Crippen molar-refractivity contribution in [2.75, 3.05) is 59.0 Å². The Hall–Kier alpha value is -3.28. The number of carbonyl (C=O) groups is 3. The van der Waals surface area contributed by atoms with Crippen molar-refractivity contribution in [3.8, 4) is 5.69 Å². The Morgan fingerprint density at radius 1 is 0.944 bits per heavy atom. The molecular weight excluding hydrogens is 466 g/mol. The van der Waals surface area contributed by atoms with E-state index < -0.39 is 0 Å². The monoisotopic (exact) mass is 501 g/mol. The van der Waals surface area contributed by atoms with Gasteiger partial charge in [0.2, 0.25) is 5.91 Å². The predicted octanol–water partition coefficient (Wildman–Crippen LogP) is 1.03. The van der Waals surface area contributed by atoms with E-state index in [2.05, 4.69) is 44.1 Å². The number of hydrogen-bond donors (Lipinski definition) is 2. The Morgan fingerprint density at radius 3 is 2.33 bits per heavy atom. The number of hydrogen-bond acceptors (Lipinski definition) is 7. The number of carboxylic acid groups (broad SMARTS) is 2. The first-order valence-electron chi connectivity index (χ1n) is 12.1. The number of para-hydroxylation sites is 1. The second-order valence-corrected chi connectivity index (χ2v) is 9.03. The maximum absolute atomic E-state index is 13.3. The average Bonchev–Trinajstić information content (AvgIpc) is 3.63. The van der Waals surface area contributed by atoms with E-state index in [1.165, 1.54) is 5.56 Å². The minimum absolute atomic E-state index is 0.175. The van der Waals surface area contributed by atoms with Crippen LogP contribution in [0.3, 0.4) is 0 Å². The number of amides is 1. The van der Waals surface area contributed by atoms with Gasteiger partial charge in [-0.05, 0) is 37.1 Å². The second-order valence-electron chi connectivity index (χ2n) is 9.03. The molecule has 0 saturated carbocycles. The lowest BCUT2D eigenvalue weighted by Crippen LogP contribution is -2.43. The second kappa shape index (κ2) is 13.7. The predicted molar refractivity (Wildman–Crippen MR) is 132 cm³/mol. The van der Waals surface area contributed by atoms with Gasteiger partial charge in [0.1, 0.15) is 0 Å². The first-order valence-corrected chi connectivity index (χ1v) is 12.1. The van der Waals surface area contributed by atoms with Crippen LogP contribution in [0.2, 0.25) is 0 Å². The molecule has 1 spiro atoms. The van der Waals surface area contributed by atoms with Gasteiger partial charge in [0.25, 0.3) is 12.9 Å². The lowest BCUT2D eigenvalue weighted by Gasteiger charge is -2.29. The molecule has 1 amide bonds. The van der Waals surface area contributed by atoms with Crippen LogP contribution in [0, 0.1) is 5.41 Å². The van der Waals surface area contributed by atoms with Gasteiger partial charge in [0.05, 0.1) is 24.3 Å². The highest BCUT2D eigenvalue weighted by molar-refractivity contribution is 5.85. The number of aromatic nitrogens is 2. The normalized spacial score (nSPS) is 22.0. The molecule has 11 nitrogen and oxygen atoms in total. The summed E-state index contributed by atoms with van der Waals surface area (Å²) in [6, 6.07) is 10.4. The van der Waals surface area contributed by atoms with E-state index in [-0.39, 0.29) is 18.4 Å². The van der Waals surface area contributed by atoms with Gasteiger partial charge in [0.15, 0.2) is 0 Å². The summed E-state index contributed by atoms with van der Waals surface area (Å²) in [4.78, 5) is 37.0. The van der Waals surface area contributed by atoms with Crippen molar-refractivity contribution in [3.63, 3.8) is 0 Å². The summed E-state index contributed by atoms with van der Waals surface area (Å²) in [6.07, 6.45) is 5.76. The van der Waals surface area contributed by atoms with Gasteiger partial charge >= 0.3 is 0 Å². The fourth-order valence-electron chi connectivity index (χ4n) is 5.19. The van der Waals surface area contributed by atoms with E-state index in [0.29, 0.717) is 5.91 Å². The third-order valence-electron chi connectivity index (χ3n) is 6.96. The average molecular weight is 502 g/mol. The molecule has 11 heteroatoms. The topological polar surface area (TPSA) is 128 Å². The van der Waals surface area contributed by atoms with Crippen molar-refractivity contribution < 1.29 is 29.3 Å². The zero-order valence-electron chi connectivity index (χ0n) is 20.4. The molecule has 196 valence electrons. The fraction of sp³-hybridized carbons (Fsp3) is 0.520. The van der Waals surface area contributed by atoms with E-state index in [1.54, 1.807) is 0 Å². The number of carbonyl (C=O) groups excluding carboxylic acids is 1. The lowest BCUT2D eigenvalue weighted by molar-refractivity contribution is -0.135. The van der Waals surface area contributed by atoms with E-state index in [1.807, 2.05) is 23.1 Å². The van der Waals surface area contributed by atoms with Crippen LogP contribution in [0.4, 0.5) is 0 Å². The third-order valence-corrected chi connectivity index (χ3v) is 6.96. The van der Waals surface area contributed by atoms with Crippen molar-refractivity contribution in [1.82, 2.24) is 24.5 Å². The SMILES string of the molecule is O=C1N(CCN2CCOCC2)CCC12CCN(Cc1ccccc1-n1cccn1)C2.O=CO.O=CO. The molecule has 1 unspecified atom stereocenters. The minimum Gasteiger partial charge on any atom is -0.483 e. The lowest BCUT2D eigenvalue weighted by atomic mass is 9.85. The summed E-state index contributed by atoms with van der Waals surface area (Å²) in [5.74, 6) is 0.374. The van der Waals surface area contributed by atoms with Crippen LogP contribution in [0.5, 0.6) is 0 Å². The zero-order chi connectivity index (χ0) is 25.8. The Labute approximate surface area is 210 Å². The van der Waals surface area contributed by atoms with Crippen molar-refractivity contribution in [3.05, 3.63) is 48.3 Å². The number of rotatable bonds is 6. The molecular formula is C25H35N5O6. The van der Waals surface area contributed by atoms with Crippen molar-refractivity contribution in [2.24, 2.45) is 5.41 Å². The van der Waals surface area contributed by atoms with Gasteiger partial charge < -0.3 is 19.8 Å². The van der Waals surface area contributed by atoms with Gasteiger partial charge in [-0.25, -0.2) is 4.68 Å². The number of morpholine rings is 1. The maximum Gasteiger partial charge on any atom is 0.290 e. The molecule has 1 aromatic carbocycles. The molecule has 2 N–H and O–H groups in total. The van der Waals surface area contributed by atoms with Crippen LogP contribution in [0.15, 0.2) is 42.7 Å². The Balaban J connectivity index is 0.000000550. The summed E-state index contributed by atoms with van der Waals surface area (Å²) in [5, 5.41) is 18.2. The van der Waals surface area contributed by atoms with E-state index in [0.717, 1.165) is 84.1 Å². The van der Waals surface area contributed by atoms with Crippen LogP contribution < -0.4 is 0 Å². The van der Waals surface area contributed by atoms with E-state index in [4.69, 9.17) is 24.5 Å². The molecule has 3 aliphatic heterocycles. The van der Waals surface area contributed by atoms with Gasteiger partial charge in [-0.1, -0.05) is 18.2 Å². The summed E-state index contributed by atoms with van der Waals surface area (Å²) in [7, 11) is 0. The Bertz CT molecular complexity index is 960. The van der Waals surface area contributed by atoms with E-state index >= 15 is 0 Å². The van der Waals surface area contributed by atoms with Gasteiger partial charge in [0, 0.05) is 58.2 Å². The summed E-state index contributed by atoms with van der Waals surface area (Å²) >= 11 is 0. The van der Waals surface area contributed by atoms with Crippen molar-refractivity contribution >= 4 is 18.9 Å². The Kier molecular flexibility index (Phi) is 10.4. The number of benzene rings is 1. The number of likely N-dealkylation sites (tertiary alicyclic amines) is 2. The molecule has 1 atom stereocenters. The summed E-state index contributed by atoms with van der Waals surface area (Å²) in [6.45, 7) is 8.52. The molecule has 0 bridgehead atoms. The van der Waals surface area contributed by atoms with Gasteiger partial charge in [-0.3, -0.25) is 24.2 Å². The molecule has 2 aromatic rings. The molecule has 3 saturated heterocycles. The molecule has 3 aliphatic rings. The fourth-order valence-corrected chi connectivity index (χ4v) is 5.19. The highest BCUT2D eigenvalue weighted by Gasteiger charge is 2.50. The van der Waals surface area contributed by atoms with Crippen LogP contribution >= 0.6 is 0 Å². The zero-order valence-corrected chi connectivity index (χ0v) is 20.4. The van der Waals surface area contributed by atoms with Gasteiger partial charge in [-0.2, -0.15) is 5.10 Å². The van der Waals surface area contributed by atoms with Crippen LogP contribution in [-0.4, -0.2) is 113 Å². The molecule has 0 radical (unpaired) electrons. The highest BCUT2D eigenvalue weighted by Crippen LogP contribution is 2.41. The Morgan fingerprint density at radius 2 is 1.64 bits per heavy atom. The molecule has 1 aromatic heterocycles. The smallest absolute Gasteiger partial charge is 0.290 e. The maximum atomic E-state index is 13.3. The van der Waals surface area contributed by atoms with Crippen molar-refractivity contribution in [1.29, 1.82) is 0 Å². The number of ether oxygens (including phenoxy) is 1. The van der Waals surface area contributed by atoms with Crippen LogP contribution in [-0.2, 0) is 25.7 Å².